The highest BCUT2D eigenvalue weighted by atomic mass is 32.1. The van der Waals surface area contributed by atoms with E-state index >= 15 is 0 Å². The molecule has 1 aromatic carbocycles. The minimum Gasteiger partial charge on any atom is -0.341 e. The Morgan fingerprint density at radius 2 is 1.97 bits per heavy atom. The SMILES string of the molecule is Cc1nc(-c2cccc(CN(C)c3nc4c(C(C)(C)C)[nH]nc4c(=O)n3C)c2)cs1. The van der Waals surface area contributed by atoms with Crippen LogP contribution in [0.25, 0.3) is 22.3 Å². The fourth-order valence-corrected chi connectivity index (χ4v) is 4.17. The average Bonchev–Trinajstić information content (AvgIpc) is 3.31. The van der Waals surface area contributed by atoms with E-state index in [0.717, 1.165) is 27.5 Å². The molecular weight excluding hydrogens is 396 g/mol. The number of aryl methyl sites for hydroxylation is 1. The highest BCUT2D eigenvalue weighted by Crippen LogP contribution is 2.27. The molecule has 0 unspecified atom stereocenters. The van der Waals surface area contributed by atoms with Gasteiger partial charge in [-0.25, -0.2) is 9.97 Å². The Hall–Kier alpha value is -3.00. The van der Waals surface area contributed by atoms with Crippen LogP contribution in [0, 0.1) is 6.92 Å². The van der Waals surface area contributed by atoms with Gasteiger partial charge in [0.2, 0.25) is 5.95 Å². The molecule has 4 rings (SSSR count). The summed E-state index contributed by atoms with van der Waals surface area (Å²) in [6.45, 7) is 8.86. The number of hydrogen-bond acceptors (Lipinski definition) is 6. The molecule has 0 atom stereocenters. The first kappa shape index (κ1) is 20.3. The lowest BCUT2D eigenvalue weighted by atomic mass is 9.91. The van der Waals surface area contributed by atoms with Crippen LogP contribution in [0.3, 0.4) is 0 Å². The van der Waals surface area contributed by atoms with E-state index in [2.05, 4.69) is 59.5 Å². The van der Waals surface area contributed by atoms with E-state index in [1.165, 1.54) is 0 Å². The quantitative estimate of drug-likeness (QED) is 0.537. The minimum absolute atomic E-state index is 0.153. The van der Waals surface area contributed by atoms with Gasteiger partial charge in [-0.05, 0) is 18.6 Å². The van der Waals surface area contributed by atoms with Crippen LogP contribution in [-0.4, -0.2) is 31.8 Å². The van der Waals surface area contributed by atoms with E-state index < -0.39 is 0 Å². The van der Waals surface area contributed by atoms with Crippen molar-refractivity contribution in [2.24, 2.45) is 7.05 Å². The minimum atomic E-state index is -0.191. The first-order valence-corrected chi connectivity index (χ1v) is 10.7. The fourth-order valence-electron chi connectivity index (χ4n) is 3.55. The summed E-state index contributed by atoms with van der Waals surface area (Å²) >= 11 is 1.65. The van der Waals surface area contributed by atoms with E-state index in [-0.39, 0.29) is 11.0 Å². The normalized spacial score (nSPS) is 11.9. The van der Waals surface area contributed by atoms with Crippen LogP contribution in [-0.2, 0) is 19.0 Å². The highest BCUT2D eigenvalue weighted by molar-refractivity contribution is 7.09. The molecule has 3 aromatic heterocycles. The molecular formula is C22H26N6OS. The zero-order valence-electron chi connectivity index (χ0n) is 18.1. The summed E-state index contributed by atoms with van der Waals surface area (Å²) in [6, 6.07) is 8.32. The third-order valence-corrected chi connectivity index (χ3v) is 5.89. The van der Waals surface area contributed by atoms with Gasteiger partial charge in [-0.1, -0.05) is 39.0 Å². The van der Waals surface area contributed by atoms with E-state index in [1.54, 1.807) is 23.0 Å². The van der Waals surface area contributed by atoms with Crippen molar-refractivity contribution in [1.82, 2.24) is 24.7 Å². The van der Waals surface area contributed by atoms with Gasteiger partial charge in [-0.2, -0.15) is 5.10 Å². The molecule has 0 aliphatic rings. The fraction of sp³-hybridized carbons (Fsp3) is 0.364. The molecule has 0 saturated heterocycles. The van der Waals surface area contributed by atoms with Crippen molar-refractivity contribution in [3.8, 4) is 11.3 Å². The molecule has 4 aromatic rings. The molecule has 30 heavy (non-hydrogen) atoms. The lowest BCUT2D eigenvalue weighted by molar-refractivity contribution is 0.570. The molecule has 0 radical (unpaired) electrons. The van der Waals surface area contributed by atoms with Gasteiger partial charge >= 0.3 is 0 Å². The zero-order chi connectivity index (χ0) is 21.6. The first-order chi connectivity index (χ1) is 14.1. The molecule has 8 heteroatoms. The van der Waals surface area contributed by atoms with Crippen LogP contribution >= 0.6 is 11.3 Å². The molecule has 0 bridgehead atoms. The van der Waals surface area contributed by atoms with Crippen molar-refractivity contribution < 1.29 is 0 Å². The predicted octanol–water partition coefficient (Wildman–Crippen LogP) is 4.02. The van der Waals surface area contributed by atoms with Gasteiger partial charge in [-0.3, -0.25) is 14.5 Å². The second-order valence-corrected chi connectivity index (χ2v) is 9.69. The highest BCUT2D eigenvalue weighted by Gasteiger charge is 2.24. The van der Waals surface area contributed by atoms with Gasteiger partial charge in [0.25, 0.3) is 5.56 Å². The smallest absolute Gasteiger partial charge is 0.283 e. The van der Waals surface area contributed by atoms with Crippen LogP contribution < -0.4 is 10.5 Å². The lowest BCUT2D eigenvalue weighted by Gasteiger charge is -2.22. The summed E-state index contributed by atoms with van der Waals surface area (Å²) in [5, 5.41) is 10.4. The van der Waals surface area contributed by atoms with Gasteiger partial charge in [0.05, 0.1) is 16.4 Å². The van der Waals surface area contributed by atoms with E-state index in [4.69, 9.17) is 4.98 Å². The number of H-pyrrole nitrogens is 1. The molecule has 0 fully saturated rings. The molecule has 0 aliphatic heterocycles. The predicted molar refractivity (Wildman–Crippen MR) is 122 cm³/mol. The molecule has 3 heterocycles. The van der Waals surface area contributed by atoms with Gasteiger partial charge in [0.15, 0.2) is 5.52 Å². The van der Waals surface area contributed by atoms with Crippen LogP contribution in [0.2, 0.25) is 0 Å². The Kier molecular flexibility index (Phi) is 4.97. The number of aromatic nitrogens is 5. The number of fused-ring (bicyclic) bond motifs is 1. The van der Waals surface area contributed by atoms with Crippen LogP contribution in [0.5, 0.6) is 0 Å². The summed E-state index contributed by atoms with van der Waals surface area (Å²) in [5.41, 5.74) is 4.74. The Morgan fingerprint density at radius 1 is 1.20 bits per heavy atom. The van der Waals surface area contributed by atoms with Crippen molar-refractivity contribution in [1.29, 1.82) is 0 Å². The third kappa shape index (κ3) is 3.63. The summed E-state index contributed by atoms with van der Waals surface area (Å²) in [6.07, 6.45) is 0. The number of anilines is 1. The molecule has 0 aliphatic carbocycles. The molecule has 1 N–H and O–H groups in total. The Balaban J connectivity index is 1.71. The summed E-state index contributed by atoms with van der Waals surface area (Å²) in [5.74, 6) is 0.606. The van der Waals surface area contributed by atoms with Crippen molar-refractivity contribution in [3.63, 3.8) is 0 Å². The number of aromatic amines is 1. The number of nitrogens with one attached hydrogen (secondary N) is 1. The van der Waals surface area contributed by atoms with E-state index in [9.17, 15) is 4.79 Å². The molecule has 0 amide bonds. The Bertz CT molecular complexity index is 1280. The van der Waals surface area contributed by atoms with Crippen molar-refractivity contribution in [3.05, 3.63) is 56.3 Å². The van der Waals surface area contributed by atoms with Crippen LogP contribution in [0.15, 0.2) is 34.4 Å². The topological polar surface area (TPSA) is 79.7 Å². The summed E-state index contributed by atoms with van der Waals surface area (Å²) in [4.78, 5) is 24.3. The second-order valence-electron chi connectivity index (χ2n) is 8.63. The Morgan fingerprint density at radius 3 is 2.63 bits per heavy atom. The lowest BCUT2D eigenvalue weighted by Crippen LogP contribution is -2.29. The van der Waals surface area contributed by atoms with Gasteiger partial charge in [-0.15, -0.1) is 11.3 Å². The third-order valence-electron chi connectivity index (χ3n) is 5.11. The monoisotopic (exact) mass is 422 g/mol. The van der Waals surface area contributed by atoms with E-state index in [0.29, 0.717) is 23.5 Å². The van der Waals surface area contributed by atoms with Gasteiger partial charge in [0.1, 0.15) is 5.52 Å². The summed E-state index contributed by atoms with van der Waals surface area (Å²) < 4.78 is 1.56. The average molecular weight is 423 g/mol. The van der Waals surface area contributed by atoms with Crippen molar-refractivity contribution in [2.45, 2.75) is 39.7 Å². The molecule has 0 spiro atoms. The van der Waals surface area contributed by atoms with Crippen LogP contribution in [0.1, 0.15) is 37.0 Å². The zero-order valence-corrected chi connectivity index (χ0v) is 19.0. The van der Waals surface area contributed by atoms with Crippen molar-refractivity contribution >= 4 is 28.3 Å². The standard InChI is InChI=1S/C22H26N6OS/c1-13-23-16(12-30-13)15-9-7-8-14(10-15)11-27(5)21-24-17-18(20(29)28(21)6)25-26-19(17)22(2,3)4/h7-10,12H,11H2,1-6H3,(H,25,26). The maximum absolute atomic E-state index is 12.9. The largest absolute Gasteiger partial charge is 0.341 e. The first-order valence-electron chi connectivity index (χ1n) is 9.83. The van der Waals surface area contributed by atoms with Crippen LogP contribution in [0.4, 0.5) is 5.95 Å². The number of benzene rings is 1. The molecule has 156 valence electrons. The number of hydrogen-bond donors (Lipinski definition) is 1. The number of rotatable bonds is 4. The maximum atomic E-state index is 12.9. The van der Waals surface area contributed by atoms with Crippen molar-refractivity contribution in [2.75, 3.05) is 11.9 Å². The van der Waals surface area contributed by atoms with Gasteiger partial charge in [0, 0.05) is 37.0 Å². The van der Waals surface area contributed by atoms with E-state index in [1.807, 2.05) is 24.9 Å². The molecule has 0 saturated carbocycles. The molecule has 7 nitrogen and oxygen atoms in total. The van der Waals surface area contributed by atoms with Gasteiger partial charge < -0.3 is 4.90 Å². The number of thiazole rings is 1. The maximum Gasteiger partial charge on any atom is 0.283 e. The summed E-state index contributed by atoms with van der Waals surface area (Å²) in [7, 11) is 3.69. The number of nitrogens with zero attached hydrogens (tertiary/aromatic N) is 5. The Labute approximate surface area is 179 Å². The second kappa shape index (κ2) is 7.36.